The molecule has 1 aromatic heterocycles. The molecule has 3 aromatic rings. The van der Waals surface area contributed by atoms with Crippen LogP contribution in [0, 0.1) is 12.7 Å². The van der Waals surface area contributed by atoms with E-state index in [1.165, 1.54) is 52.7 Å². The molecule has 1 fully saturated rings. The van der Waals surface area contributed by atoms with Gasteiger partial charge < -0.3 is 4.57 Å². The summed E-state index contributed by atoms with van der Waals surface area (Å²) >= 11 is 0. The summed E-state index contributed by atoms with van der Waals surface area (Å²) in [7, 11) is 2.24. The quantitative estimate of drug-likeness (QED) is 0.314. The van der Waals surface area contributed by atoms with Crippen molar-refractivity contribution in [1.82, 2.24) is 9.47 Å². The van der Waals surface area contributed by atoms with Crippen LogP contribution in [-0.2, 0) is 13.0 Å². The van der Waals surface area contributed by atoms with Crippen molar-refractivity contribution in [3.63, 3.8) is 0 Å². The minimum Gasteiger partial charge on any atom is -0.343 e. The number of halogens is 1. The highest BCUT2D eigenvalue weighted by Crippen LogP contribution is 2.47. The third kappa shape index (κ3) is 2.91. The summed E-state index contributed by atoms with van der Waals surface area (Å²) < 4.78 is 15.8. The molecule has 2 bridgehead atoms. The van der Waals surface area contributed by atoms with E-state index in [-0.39, 0.29) is 11.9 Å². The van der Waals surface area contributed by atoms with E-state index < -0.39 is 0 Å². The lowest BCUT2D eigenvalue weighted by molar-refractivity contribution is 0.221. The Labute approximate surface area is 169 Å². The van der Waals surface area contributed by atoms with Gasteiger partial charge in [-0.05, 0) is 67.7 Å². The average Bonchev–Trinajstić information content (AvgIpc) is 3.12. The Morgan fingerprint density at radius 1 is 1.21 bits per heavy atom. The Balaban J connectivity index is 1.66. The maximum absolute atomic E-state index is 13.4. The van der Waals surface area contributed by atoms with Gasteiger partial charge in [0.25, 0.3) is 0 Å². The molecule has 148 valence electrons. The van der Waals surface area contributed by atoms with Crippen molar-refractivity contribution in [1.29, 1.82) is 0 Å². The molecule has 6 heteroatoms. The van der Waals surface area contributed by atoms with Gasteiger partial charge in [-0.15, -0.1) is 0 Å². The fourth-order valence-corrected chi connectivity index (χ4v) is 5.31. The highest BCUT2D eigenvalue weighted by Gasteiger charge is 2.40. The first-order valence-electron chi connectivity index (χ1n) is 10.2. The number of benzene rings is 2. The van der Waals surface area contributed by atoms with Crippen LogP contribution in [0.15, 0.2) is 47.6 Å². The fourth-order valence-electron chi connectivity index (χ4n) is 5.31. The van der Waals surface area contributed by atoms with E-state index in [9.17, 15) is 4.39 Å². The van der Waals surface area contributed by atoms with Gasteiger partial charge in [0.1, 0.15) is 5.82 Å². The summed E-state index contributed by atoms with van der Waals surface area (Å²) in [6.45, 7) is 2.70. The first-order chi connectivity index (χ1) is 14.1. The number of likely N-dealkylation sites (N-methyl/N-ethyl adjacent to an activating group) is 1. The molecule has 0 aliphatic carbocycles. The van der Waals surface area contributed by atoms with Crippen molar-refractivity contribution in [2.75, 3.05) is 7.05 Å². The molecule has 0 radical (unpaired) electrons. The summed E-state index contributed by atoms with van der Waals surface area (Å²) in [5.41, 5.74) is 15.3. The SMILES string of the molecule is Cc1ccc2c(c1)c1c(n2CC(N=[N+]=[N-])c2ccc(F)cc2)CC2CCC1N2C. The van der Waals surface area contributed by atoms with Crippen LogP contribution in [0.25, 0.3) is 21.3 Å². The number of hydrogen-bond donors (Lipinski definition) is 0. The zero-order chi connectivity index (χ0) is 20.1. The minimum absolute atomic E-state index is 0.285. The number of aryl methyl sites for hydroxylation is 1. The van der Waals surface area contributed by atoms with Gasteiger partial charge in [-0.2, -0.15) is 0 Å². The van der Waals surface area contributed by atoms with Crippen molar-refractivity contribution in [3.05, 3.63) is 81.1 Å². The third-order valence-electron chi connectivity index (χ3n) is 6.77. The van der Waals surface area contributed by atoms with Crippen molar-refractivity contribution in [3.8, 4) is 0 Å². The molecule has 0 amide bonds. The zero-order valence-corrected chi connectivity index (χ0v) is 16.7. The molecule has 29 heavy (non-hydrogen) atoms. The van der Waals surface area contributed by atoms with E-state index in [2.05, 4.69) is 51.7 Å². The Hall–Kier alpha value is -2.82. The van der Waals surface area contributed by atoms with Gasteiger partial charge in [0.05, 0.1) is 6.04 Å². The van der Waals surface area contributed by atoms with Gasteiger partial charge in [-0.25, -0.2) is 4.39 Å². The number of aromatic nitrogens is 1. The highest BCUT2D eigenvalue weighted by atomic mass is 19.1. The van der Waals surface area contributed by atoms with Crippen LogP contribution < -0.4 is 0 Å². The van der Waals surface area contributed by atoms with Crippen molar-refractivity contribution < 1.29 is 4.39 Å². The standard InChI is InChI=1S/C23H24FN5/c1-14-3-9-20-18(11-14)23-21-10-8-17(28(21)2)12-22(23)29(20)13-19(26-27-25)15-4-6-16(24)7-5-15/h3-7,9,11,17,19,21H,8,10,12-13H2,1-2H3. The number of fused-ring (bicyclic) bond motifs is 6. The first-order valence-corrected chi connectivity index (χ1v) is 10.2. The maximum atomic E-state index is 13.4. The van der Waals surface area contributed by atoms with E-state index in [0.717, 1.165) is 12.0 Å². The van der Waals surface area contributed by atoms with Gasteiger partial charge in [0.2, 0.25) is 0 Å². The molecule has 1 saturated heterocycles. The van der Waals surface area contributed by atoms with Crippen molar-refractivity contribution >= 4 is 10.9 Å². The molecule has 0 saturated carbocycles. The van der Waals surface area contributed by atoms with E-state index in [4.69, 9.17) is 5.53 Å². The minimum atomic E-state index is -0.376. The number of hydrogen-bond acceptors (Lipinski definition) is 2. The zero-order valence-electron chi connectivity index (χ0n) is 16.7. The number of rotatable bonds is 4. The van der Waals surface area contributed by atoms with E-state index in [0.29, 0.717) is 18.6 Å². The topological polar surface area (TPSA) is 56.9 Å². The van der Waals surface area contributed by atoms with Crippen LogP contribution >= 0.6 is 0 Å². The Bertz CT molecular complexity index is 1130. The lowest BCUT2D eigenvalue weighted by atomic mass is 9.97. The third-order valence-corrected chi connectivity index (χ3v) is 6.77. The van der Waals surface area contributed by atoms with Gasteiger partial charge in [0, 0.05) is 46.6 Å². The smallest absolute Gasteiger partial charge is 0.123 e. The molecule has 3 heterocycles. The van der Waals surface area contributed by atoms with Gasteiger partial charge in [0.15, 0.2) is 0 Å². The monoisotopic (exact) mass is 389 g/mol. The Morgan fingerprint density at radius 3 is 2.76 bits per heavy atom. The molecule has 2 aromatic carbocycles. The second kappa shape index (κ2) is 6.90. The van der Waals surface area contributed by atoms with Crippen LogP contribution in [0.5, 0.6) is 0 Å². The fraction of sp³-hybridized carbons (Fsp3) is 0.391. The summed E-state index contributed by atoms with van der Waals surface area (Å²) in [4.78, 5) is 5.61. The van der Waals surface area contributed by atoms with Crippen LogP contribution in [-0.4, -0.2) is 22.6 Å². The molecule has 0 N–H and O–H groups in total. The normalized spacial score (nSPS) is 21.8. The van der Waals surface area contributed by atoms with Crippen LogP contribution in [0.1, 0.15) is 47.3 Å². The lowest BCUT2D eigenvalue weighted by Crippen LogP contribution is -2.34. The Kier molecular flexibility index (Phi) is 4.34. The largest absolute Gasteiger partial charge is 0.343 e. The summed E-state index contributed by atoms with van der Waals surface area (Å²) in [6, 6.07) is 13.6. The first kappa shape index (κ1) is 18.2. The summed E-state index contributed by atoms with van der Waals surface area (Å²) in [5, 5.41) is 5.38. The molecule has 5 nitrogen and oxygen atoms in total. The molecule has 3 unspecified atom stereocenters. The highest BCUT2D eigenvalue weighted by molar-refractivity contribution is 5.87. The van der Waals surface area contributed by atoms with Crippen molar-refractivity contribution in [2.45, 2.75) is 50.9 Å². The molecule has 5 rings (SSSR count). The van der Waals surface area contributed by atoms with Crippen LogP contribution in [0.3, 0.4) is 0 Å². The molecule has 0 spiro atoms. The summed E-state index contributed by atoms with van der Waals surface area (Å²) in [5.74, 6) is -0.285. The van der Waals surface area contributed by atoms with Crippen LogP contribution in [0.4, 0.5) is 4.39 Å². The van der Waals surface area contributed by atoms with E-state index in [1.54, 1.807) is 12.1 Å². The van der Waals surface area contributed by atoms with Crippen LogP contribution in [0.2, 0.25) is 0 Å². The number of nitrogens with zero attached hydrogens (tertiary/aromatic N) is 5. The van der Waals surface area contributed by atoms with E-state index >= 15 is 0 Å². The summed E-state index contributed by atoms with van der Waals surface area (Å²) in [6.07, 6.45) is 3.43. The molecular formula is C23H24FN5. The van der Waals surface area contributed by atoms with Gasteiger partial charge in [-0.3, -0.25) is 4.90 Å². The molecule has 2 aliphatic rings. The second-order valence-corrected chi connectivity index (χ2v) is 8.38. The van der Waals surface area contributed by atoms with Gasteiger partial charge in [-0.1, -0.05) is 28.9 Å². The molecule has 2 aliphatic heterocycles. The number of azide groups is 1. The van der Waals surface area contributed by atoms with Gasteiger partial charge >= 0.3 is 0 Å². The average molecular weight is 389 g/mol. The Morgan fingerprint density at radius 2 is 2.00 bits per heavy atom. The predicted octanol–water partition coefficient (Wildman–Crippen LogP) is 5.83. The van der Waals surface area contributed by atoms with E-state index in [1.807, 2.05) is 0 Å². The molecular weight excluding hydrogens is 365 g/mol. The second-order valence-electron chi connectivity index (χ2n) is 8.38. The molecule has 3 atom stereocenters. The van der Waals surface area contributed by atoms with Crippen molar-refractivity contribution in [2.24, 2.45) is 5.11 Å². The lowest BCUT2D eigenvalue weighted by Gasteiger charge is -2.32. The maximum Gasteiger partial charge on any atom is 0.123 e. The predicted molar refractivity (Wildman–Crippen MR) is 112 cm³/mol.